The Morgan fingerprint density at radius 3 is 2.68 bits per heavy atom. The Labute approximate surface area is 226 Å². The average Bonchev–Trinajstić information content (AvgIpc) is 3.06. The fourth-order valence-electron chi connectivity index (χ4n) is 5.53. The van der Waals surface area contributed by atoms with Crippen molar-refractivity contribution in [2.75, 3.05) is 57.3 Å². The maximum Gasteiger partial charge on any atom is 0.261 e. The Hall–Kier alpha value is -3.37. The molecule has 1 aromatic heterocycles. The van der Waals surface area contributed by atoms with Gasteiger partial charge in [0.1, 0.15) is 40.3 Å². The molecule has 3 aliphatic rings. The molecule has 2 fully saturated rings. The third-order valence-electron chi connectivity index (χ3n) is 7.60. The standard InChI is InChI=1S/C27H31ClFN5O4/c1-4-20(36)32-10-12-34-17(14-32)15-38-25-22(27(34)37)26(33-11-9-31(5-2)13-16(33)3)30-24(23(25)28)21-18(29)7-6-8-19(21)35/h4,6-8,16-17,35H,1,5,9-15H2,2-3H3/t16-,17+/m0/s1. The third-order valence-corrected chi connectivity index (χ3v) is 7.95. The Morgan fingerprint density at radius 2 is 2.00 bits per heavy atom. The number of hydrogen-bond donors (Lipinski definition) is 1. The number of benzene rings is 1. The molecule has 4 heterocycles. The molecule has 202 valence electrons. The first-order valence-electron chi connectivity index (χ1n) is 12.8. The number of carbonyl (C=O) groups is 2. The van der Waals surface area contributed by atoms with Gasteiger partial charge in [-0.25, -0.2) is 9.37 Å². The molecule has 38 heavy (non-hydrogen) atoms. The maximum absolute atomic E-state index is 15.0. The number of amides is 2. The summed E-state index contributed by atoms with van der Waals surface area (Å²) in [6.07, 6.45) is 1.26. The van der Waals surface area contributed by atoms with Gasteiger partial charge < -0.3 is 24.5 Å². The van der Waals surface area contributed by atoms with Crippen LogP contribution in [0.5, 0.6) is 11.5 Å². The molecule has 5 rings (SSSR count). The molecule has 0 radical (unpaired) electrons. The number of carbonyl (C=O) groups excluding carboxylic acids is 2. The predicted octanol–water partition coefficient (Wildman–Crippen LogP) is 3.01. The second-order valence-corrected chi connectivity index (χ2v) is 10.2. The number of nitrogens with zero attached hydrogens (tertiary/aromatic N) is 5. The van der Waals surface area contributed by atoms with Crippen molar-refractivity contribution in [3.05, 3.63) is 47.3 Å². The number of ether oxygens (including phenoxy) is 1. The van der Waals surface area contributed by atoms with Gasteiger partial charge in [-0.05, 0) is 31.7 Å². The van der Waals surface area contributed by atoms with Crippen molar-refractivity contribution in [1.82, 2.24) is 19.7 Å². The first-order chi connectivity index (χ1) is 18.2. The van der Waals surface area contributed by atoms with Crippen LogP contribution in [0.2, 0.25) is 5.02 Å². The number of anilines is 1. The topological polar surface area (TPSA) is 89.5 Å². The second kappa shape index (κ2) is 10.4. The zero-order valence-electron chi connectivity index (χ0n) is 21.5. The van der Waals surface area contributed by atoms with Crippen LogP contribution in [0, 0.1) is 5.82 Å². The zero-order chi connectivity index (χ0) is 27.1. The molecule has 1 aromatic carbocycles. The highest BCUT2D eigenvalue weighted by Gasteiger charge is 2.41. The summed E-state index contributed by atoms with van der Waals surface area (Å²) >= 11 is 6.79. The van der Waals surface area contributed by atoms with E-state index in [1.54, 1.807) is 9.80 Å². The van der Waals surface area contributed by atoms with E-state index < -0.39 is 11.9 Å². The van der Waals surface area contributed by atoms with E-state index in [-0.39, 0.29) is 64.4 Å². The highest BCUT2D eigenvalue weighted by molar-refractivity contribution is 6.35. The number of fused-ring (bicyclic) bond motifs is 2. The van der Waals surface area contributed by atoms with Crippen LogP contribution in [-0.2, 0) is 4.79 Å². The van der Waals surface area contributed by atoms with E-state index >= 15 is 4.39 Å². The van der Waals surface area contributed by atoms with E-state index in [2.05, 4.69) is 25.3 Å². The van der Waals surface area contributed by atoms with E-state index in [1.807, 2.05) is 4.90 Å². The van der Waals surface area contributed by atoms with Crippen molar-refractivity contribution in [1.29, 1.82) is 0 Å². The first kappa shape index (κ1) is 26.2. The number of rotatable bonds is 4. The van der Waals surface area contributed by atoms with Crippen LogP contribution >= 0.6 is 11.6 Å². The lowest BCUT2D eigenvalue weighted by molar-refractivity contribution is -0.128. The van der Waals surface area contributed by atoms with Crippen molar-refractivity contribution in [2.45, 2.75) is 25.9 Å². The summed E-state index contributed by atoms with van der Waals surface area (Å²) < 4.78 is 21.2. The number of likely N-dealkylation sites (N-methyl/N-ethyl adjacent to an activating group) is 1. The Bertz CT molecular complexity index is 1270. The van der Waals surface area contributed by atoms with Crippen molar-refractivity contribution >= 4 is 29.2 Å². The van der Waals surface area contributed by atoms with Gasteiger partial charge in [-0.15, -0.1) is 0 Å². The fourth-order valence-corrected chi connectivity index (χ4v) is 5.82. The van der Waals surface area contributed by atoms with Crippen molar-refractivity contribution in [3.8, 4) is 22.8 Å². The molecule has 2 aromatic rings. The van der Waals surface area contributed by atoms with Crippen LogP contribution in [0.3, 0.4) is 0 Å². The number of halogens is 2. The molecule has 2 saturated heterocycles. The van der Waals surface area contributed by atoms with Gasteiger partial charge in [0.25, 0.3) is 5.91 Å². The number of phenolic OH excluding ortho intramolecular Hbond substituents is 1. The van der Waals surface area contributed by atoms with Crippen LogP contribution in [0.15, 0.2) is 30.9 Å². The van der Waals surface area contributed by atoms with Crippen molar-refractivity contribution < 1.29 is 23.8 Å². The minimum Gasteiger partial charge on any atom is -0.507 e. The molecule has 9 nitrogen and oxygen atoms in total. The molecule has 0 spiro atoms. The van der Waals surface area contributed by atoms with E-state index in [9.17, 15) is 14.7 Å². The van der Waals surface area contributed by atoms with Crippen LogP contribution in [0.1, 0.15) is 24.2 Å². The summed E-state index contributed by atoms with van der Waals surface area (Å²) in [5.74, 6) is -1.05. The first-order valence-corrected chi connectivity index (χ1v) is 13.2. The van der Waals surface area contributed by atoms with E-state index in [1.165, 1.54) is 24.3 Å². The minimum atomic E-state index is -0.690. The molecule has 3 aliphatic heterocycles. The highest BCUT2D eigenvalue weighted by atomic mass is 35.5. The fraction of sp³-hybridized carbons (Fsp3) is 0.444. The number of pyridine rings is 1. The highest BCUT2D eigenvalue weighted by Crippen LogP contribution is 2.46. The third kappa shape index (κ3) is 4.45. The maximum atomic E-state index is 15.0. The van der Waals surface area contributed by atoms with Crippen LogP contribution in [0.25, 0.3) is 11.3 Å². The van der Waals surface area contributed by atoms with Gasteiger partial charge in [0.15, 0.2) is 5.75 Å². The van der Waals surface area contributed by atoms with Crippen LogP contribution < -0.4 is 9.64 Å². The molecular weight excluding hydrogens is 513 g/mol. The number of aromatic hydroxyl groups is 1. The summed E-state index contributed by atoms with van der Waals surface area (Å²) in [6, 6.07) is 3.57. The van der Waals surface area contributed by atoms with Gasteiger partial charge in [-0.1, -0.05) is 31.2 Å². The summed E-state index contributed by atoms with van der Waals surface area (Å²) in [7, 11) is 0. The minimum absolute atomic E-state index is 0.00236. The molecule has 0 aliphatic carbocycles. The lowest BCUT2D eigenvalue weighted by Gasteiger charge is -2.42. The lowest BCUT2D eigenvalue weighted by Crippen LogP contribution is -2.57. The summed E-state index contributed by atoms with van der Waals surface area (Å²) in [5.41, 5.74) is 0.0804. The van der Waals surface area contributed by atoms with Gasteiger partial charge >= 0.3 is 0 Å². The van der Waals surface area contributed by atoms with Crippen molar-refractivity contribution in [3.63, 3.8) is 0 Å². The van der Waals surface area contributed by atoms with E-state index in [4.69, 9.17) is 21.3 Å². The molecule has 2 amide bonds. The lowest BCUT2D eigenvalue weighted by atomic mass is 10.0. The quantitative estimate of drug-likeness (QED) is 0.593. The van der Waals surface area contributed by atoms with Crippen LogP contribution in [-0.4, -0.2) is 101 Å². The van der Waals surface area contributed by atoms with Gasteiger partial charge in [0.2, 0.25) is 5.91 Å². The smallest absolute Gasteiger partial charge is 0.261 e. The monoisotopic (exact) mass is 543 g/mol. The normalized spacial score (nSPS) is 21.9. The summed E-state index contributed by atoms with van der Waals surface area (Å²) in [5, 5.41) is 10.5. The Morgan fingerprint density at radius 1 is 1.24 bits per heavy atom. The molecule has 0 unspecified atom stereocenters. The summed E-state index contributed by atoms with van der Waals surface area (Å²) in [4.78, 5) is 38.8. The molecule has 11 heteroatoms. The summed E-state index contributed by atoms with van der Waals surface area (Å²) in [6.45, 7) is 11.8. The zero-order valence-corrected chi connectivity index (χ0v) is 22.2. The number of aromatic nitrogens is 1. The Kier molecular flexibility index (Phi) is 7.19. The van der Waals surface area contributed by atoms with Gasteiger partial charge in [-0.2, -0.15) is 0 Å². The molecular formula is C27H31ClFN5O4. The van der Waals surface area contributed by atoms with E-state index in [0.29, 0.717) is 25.5 Å². The average molecular weight is 544 g/mol. The largest absolute Gasteiger partial charge is 0.507 e. The number of phenols is 1. The number of hydrogen-bond acceptors (Lipinski definition) is 7. The molecule has 0 bridgehead atoms. The van der Waals surface area contributed by atoms with Gasteiger partial charge in [0.05, 0.1) is 11.6 Å². The number of piperazine rings is 2. The van der Waals surface area contributed by atoms with Gasteiger partial charge in [-0.3, -0.25) is 14.5 Å². The molecule has 0 saturated carbocycles. The predicted molar refractivity (Wildman–Crippen MR) is 142 cm³/mol. The molecule has 2 atom stereocenters. The van der Waals surface area contributed by atoms with Crippen LogP contribution in [0.4, 0.5) is 10.2 Å². The SMILES string of the molecule is C=CC(=O)N1CCN2C(=O)c3c(N4CCN(CC)C[C@@H]4C)nc(-c4c(O)cccc4F)c(Cl)c3OC[C@H]2C1. The van der Waals surface area contributed by atoms with Crippen molar-refractivity contribution in [2.24, 2.45) is 0 Å². The molecule has 1 N–H and O–H groups in total. The second-order valence-electron chi connectivity index (χ2n) is 9.82. The van der Waals surface area contributed by atoms with Gasteiger partial charge in [0, 0.05) is 45.3 Å². The Balaban J connectivity index is 1.66. The van der Waals surface area contributed by atoms with E-state index in [0.717, 1.165) is 19.6 Å².